The molecular weight excluding hydrogens is 281 g/mol. The van der Waals surface area contributed by atoms with Gasteiger partial charge in [0, 0.05) is 36.7 Å². The van der Waals surface area contributed by atoms with Crippen molar-refractivity contribution >= 4 is 42.2 Å². The standard InChI is InChI=1S/C5H8INO3S/c1-2-4(8)7(11-6)3-5(9)10/h2-3H2,1H3,(H,9,10). The molecule has 6 heteroatoms. The number of hydrogen-bond acceptors (Lipinski definition) is 3. The Morgan fingerprint density at radius 2 is 2.18 bits per heavy atom. The maximum Gasteiger partial charge on any atom is 0.324 e. The van der Waals surface area contributed by atoms with E-state index < -0.39 is 5.97 Å². The zero-order valence-corrected chi connectivity index (χ0v) is 8.89. The lowest BCUT2D eigenvalue weighted by Gasteiger charge is -2.13. The molecule has 0 heterocycles. The van der Waals surface area contributed by atoms with E-state index in [1.165, 1.54) is 4.31 Å². The van der Waals surface area contributed by atoms with Gasteiger partial charge in [-0.3, -0.25) is 13.9 Å². The van der Waals surface area contributed by atoms with E-state index in [0.717, 1.165) is 9.12 Å². The van der Waals surface area contributed by atoms with Gasteiger partial charge in [-0.15, -0.1) is 0 Å². The number of carbonyl (C=O) groups is 2. The lowest BCUT2D eigenvalue weighted by Crippen LogP contribution is -2.27. The first-order valence-electron chi connectivity index (χ1n) is 2.92. The third kappa shape index (κ3) is 4.46. The SMILES string of the molecule is CCC(=O)N(CC(=O)O)SI. The Labute approximate surface area is 81.0 Å². The molecular formula is C5H8INO3S. The van der Waals surface area contributed by atoms with Crippen LogP contribution >= 0.6 is 30.3 Å². The van der Waals surface area contributed by atoms with E-state index in [4.69, 9.17) is 5.11 Å². The second-order valence-electron chi connectivity index (χ2n) is 1.75. The Balaban J connectivity index is 3.94. The zero-order chi connectivity index (χ0) is 8.85. The highest BCUT2D eigenvalue weighted by atomic mass is 127. The number of nitrogens with zero attached hydrogens (tertiary/aromatic N) is 1. The highest BCUT2D eigenvalue weighted by Crippen LogP contribution is 2.18. The van der Waals surface area contributed by atoms with Crippen molar-refractivity contribution in [3.05, 3.63) is 0 Å². The molecule has 64 valence electrons. The average Bonchev–Trinajstić information content (AvgIpc) is 1.98. The van der Waals surface area contributed by atoms with Gasteiger partial charge in [0.25, 0.3) is 0 Å². The maximum atomic E-state index is 10.9. The van der Waals surface area contributed by atoms with Gasteiger partial charge in [0.05, 0.1) is 0 Å². The largest absolute Gasteiger partial charge is 0.480 e. The van der Waals surface area contributed by atoms with E-state index in [9.17, 15) is 9.59 Å². The molecule has 0 rings (SSSR count). The summed E-state index contributed by atoms with van der Waals surface area (Å²) in [6.07, 6.45) is 0.337. The lowest BCUT2D eigenvalue weighted by atomic mass is 10.4. The van der Waals surface area contributed by atoms with Crippen LogP contribution in [-0.4, -0.2) is 27.8 Å². The van der Waals surface area contributed by atoms with Crippen molar-refractivity contribution in [1.29, 1.82) is 0 Å². The number of carbonyl (C=O) groups excluding carboxylic acids is 1. The Hall–Kier alpha value is 0.0200. The third-order valence-electron chi connectivity index (χ3n) is 0.943. The predicted molar refractivity (Wildman–Crippen MR) is 51.3 cm³/mol. The van der Waals surface area contributed by atoms with Gasteiger partial charge in [-0.1, -0.05) is 6.92 Å². The molecule has 0 unspecified atom stereocenters. The summed E-state index contributed by atoms with van der Waals surface area (Å²) in [5, 5.41) is 8.35. The summed E-state index contributed by atoms with van der Waals surface area (Å²) in [5.41, 5.74) is 0. The van der Waals surface area contributed by atoms with Gasteiger partial charge in [0.2, 0.25) is 5.91 Å². The maximum absolute atomic E-state index is 10.9. The first-order valence-corrected chi connectivity index (χ1v) is 6.24. The first kappa shape index (κ1) is 11.0. The van der Waals surface area contributed by atoms with E-state index in [2.05, 4.69) is 0 Å². The molecule has 0 saturated heterocycles. The lowest BCUT2D eigenvalue weighted by molar-refractivity contribution is -0.140. The molecule has 0 aliphatic rings. The van der Waals surface area contributed by atoms with E-state index in [-0.39, 0.29) is 12.5 Å². The van der Waals surface area contributed by atoms with Crippen LogP contribution in [0.4, 0.5) is 0 Å². The molecule has 0 atom stereocenters. The van der Waals surface area contributed by atoms with Crippen molar-refractivity contribution < 1.29 is 14.7 Å². The van der Waals surface area contributed by atoms with E-state index >= 15 is 0 Å². The van der Waals surface area contributed by atoms with Gasteiger partial charge in [0.1, 0.15) is 6.54 Å². The number of hydrogen-bond donors (Lipinski definition) is 1. The summed E-state index contributed by atoms with van der Waals surface area (Å²) in [7, 11) is 1.10. The van der Waals surface area contributed by atoms with Crippen LogP contribution in [-0.2, 0) is 9.59 Å². The number of amides is 1. The zero-order valence-electron chi connectivity index (χ0n) is 5.91. The number of carboxylic acid groups (broad SMARTS) is 1. The molecule has 1 N–H and O–H groups in total. The minimum absolute atomic E-state index is 0.160. The van der Waals surface area contributed by atoms with Crippen LogP contribution in [0.5, 0.6) is 0 Å². The van der Waals surface area contributed by atoms with Crippen molar-refractivity contribution in [2.24, 2.45) is 0 Å². The minimum Gasteiger partial charge on any atom is -0.480 e. The molecule has 0 aromatic heterocycles. The third-order valence-corrected chi connectivity index (χ3v) is 2.87. The van der Waals surface area contributed by atoms with Gasteiger partial charge >= 0.3 is 5.97 Å². The van der Waals surface area contributed by atoms with Crippen LogP contribution in [0, 0.1) is 0 Å². The fourth-order valence-corrected chi connectivity index (χ4v) is 1.89. The second kappa shape index (κ2) is 5.64. The van der Waals surface area contributed by atoms with E-state index in [0.29, 0.717) is 6.42 Å². The van der Waals surface area contributed by atoms with Crippen LogP contribution in [0.15, 0.2) is 0 Å². The Bertz CT molecular complexity index is 164. The fraction of sp³-hybridized carbons (Fsp3) is 0.600. The molecule has 0 radical (unpaired) electrons. The second-order valence-corrected chi connectivity index (χ2v) is 3.51. The molecule has 0 aromatic carbocycles. The minimum atomic E-state index is -0.990. The molecule has 0 aromatic rings. The van der Waals surface area contributed by atoms with Gasteiger partial charge in [-0.05, 0) is 0 Å². The van der Waals surface area contributed by atoms with Gasteiger partial charge in [-0.2, -0.15) is 0 Å². The Morgan fingerprint density at radius 3 is 2.45 bits per heavy atom. The highest BCUT2D eigenvalue weighted by Gasteiger charge is 2.13. The quantitative estimate of drug-likeness (QED) is 0.626. The van der Waals surface area contributed by atoms with Gasteiger partial charge < -0.3 is 5.11 Å². The number of rotatable bonds is 4. The summed E-state index contributed by atoms with van der Waals surface area (Å²) >= 11 is 1.88. The predicted octanol–water partition coefficient (Wildman–Crippen LogP) is 1.31. The molecule has 0 spiro atoms. The van der Waals surface area contributed by atoms with Crippen molar-refractivity contribution in [2.45, 2.75) is 13.3 Å². The van der Waals surface area contributed by atoms with Crippen LogP contribution in [0.3, 0.4) is 0 Å². The monoisotopic (exact) mass is 289 g/mol. The van der Waals surface area contributed by atoms with Gasteiger partial charge in [0.15, 0.2) is 0 Å². The van der Waals surface area contributed by atoms with Crippen molar-refractivity contribution in [3.63, 3.8) is 0 Å². The van der Waals surface area contributed by atoms with Crippen LogP contribution in [0.2, 0.25) is 0 Å². The Morgan fingerprint density at radius 1 is 1.64 bits per heavy atom. The van der Waals surface area contributed by atoms with E-state index in [1.54, 1.807) is 6.92 Å². The molecule has 0 aliphatic carbocycles. The molecule has 0 fully saturated rings. The van der Waals surface area contributed by atoms with Crippen molar-refractivity contribution in [2.75, 3.05) is 6.54 Å². The molecule has 0 bridgehead atoms. The fourth-order valence-electron chi connectivity index (χ4n) is 0.450. The normalized spacial score (nSPS) is 9.27. The van der Waals surface area contributed by atoms with E-state index in [1.807, 2.05) is 21.2 Å². The summed E-state index contributed by atoms with van der Waals surface area (Å²) < 4.78 is 1.21. The number of halogens is 1. The Kier molecular flexibility index (Phi) is 5.65. The van der Waals surface area contributed by atoms with Crippen LogP contribution in [0.1, 0.15) is 13.3 Å². The van der Waals surface area contributed by atoms with Crippen LogP contribution < -0.4 is 0 Å². The van der Waals surface area contributed by atoms with Crippen molar-refractivity contribution in [1.82, 2.24) is 4.31 Å². The smallest absolute Gasteiger partial charge is 0.324 e. The molecule has 4 nitrogen and oxygen atoms in total. The first-order chi connectivity index (χ1) is 5.11. The number of carboxylic acids is 1. The molecule has 11 heavy (non-hydrogen) atoms. The number of aliphatic carboxylic acids is 1. The van der Waals surface area contributed by atoms with Crippen molar-refractivity contribution in [3.8, 4) is 0 Å². The molecule has 0 saturated carbocycles. The summed E-state index contributed by atoms with van der Waals surface area (Å²) in [6.45, 7) is 1.46. The topological polar surface area (TPSA) is 57.6 Å². The van der Waals surface area contributed by atoms with Gasteiger partial charge in [-0.25, -0.2) is 0 Å². The molecule has 1 amide bonds. The molecule has 0 aliphatic heterocycles. The summed E-state index contributed by atoms with van der Waals surface area (Å²) in [6, 6.07) is 0. The summed E-state index contributed by atoms with van der Waals surface area (Å²) in [4.78, 5) is 21.1. The van der Waals surface area contributed by atoms with Crippen LogP contribution in [0.25, 0.3) is 0 Å². The summed E-state index contributed by atoms with van der Waals surface area (Å²) in [5.74, 6) is -1.15. The highest BCUT2D eigenvalue weighted by molar-refractivity contribution is 14.2. The average molecular weight is 289 g/mol.